The minimum Gasteiger partial charge on any atom is -0.495 e. The van der Waals surface area contributed by atoms with E-state index in [1.54, 1.807) is 36.4 Å². The molecule has 4 aromatic rings. The van der Waals surface area contributed by atoms with Gasteiger partial charge in [-0.05, 0) is 55.7 Å². The molecule has 0 aromatic heterocycles. The highest BCUT2D eigenvalue weighted by atomic mass is 32.2. The summed E-state index contributed by atoms with van der Waals surface area (Å²) < 4.78 is 35.1. The molecule has 8 nitrogen and oxygen atoms in total. The Morgan fingerprint density at radius 2 is 1.40 bits per heavy atom. The van der Waals surface area contributed by atoms with E-state index >= 15 is 0 Å². The highest BCUT2D eigenvalue weighted by molar-refractivity contribution is 7.92. The minimum absolute atomic E-state index is 0.0387. The van der Waals surface area contributed by atoms with E-state index in [-0.39, 0.29) is 35.5 Å². The van der Waals surface area contributed by atoms with Crippen molar-refractivity contribution in [2.45, 2.75) is 57.1 Å². The lowest BCUT2D eigenvalue weighted by Gasteiger charge is -2.34. The number of carbonyl (C=O) groups is 2. The molecule has 0 bridgehead atoms. The van der Waals surface area contributed by atoms with Gasteiger partial charge in [-0.2, -0.15) is 0 Å². The number of nitrogens with one attached hydrogen (secondary N) is 1. The van der Waals surface area contributed by atoms with Crippen LogP contribution in [0.3, 0.4) is 0 Å². The Kier molecular flexibility index (Phi) is 11.4. The Bertz CT molecular complexity index is 1660. The standard InChI is InChI=1S/C36H41N3O5S/c1-5-28(3)37-36(41)33(24-29-14-8-6-9-15-29)38(25-30-16-10-7-11-17-30)35(40)26-39(32-18-12-13-19-34(32)44-4)45(42,43)31-22-20-27(2)21-23-31/h6-23,28,33H,5,24-26H2,1-4H3,(H,37,41)/t28-,33-/m0/s1. The van der Waals surface area contributed by atoms with Gasteiger partial charge in [0.1, 0.15) is 18.3 Å². The Balaban J connectivity index is 1.82. The van der Waals surface area contributed by atoms with Crippen LogP contribution in [-0.4, -0.2) is 50.9 Å². The number of para-hydroxylation sites is 2. The zero-order valence-electron chi connectivity index (χ0n) is 26.2. The van der Waals surface area contributed by atoms with Crippen molar-refractivity contribution in [1.82, 2.24) is 10.2 Å². The van der Waals surface area contributed by atoms with Gasteiger partial charge in [0.2, 0.25) is 11.8 Å². The zero-order chi connectivity index (χ0) is 32.4. The molecule has 0 aliphatic carbocycles. The second kappa shape index (κ2) is 15.4. The molecular formula is C36H41N3O5S. The van der Waals surface area contributed by atoms with E-state index in [0.29, 0.717) is 12.2 Å². The van der Waals surface area contributed by atoms with Gasteiger partial charge in [-0.3, -0.25) is 13.9 Å². The predicted octanol–water partition coefficient (Wildman–Crippen LogP) is 5.75. The number of carbonyl (C=O) groups excluding carboxylic acids is 2. The number of ether oxygens (including phenoxy) is 1. The van der Waals surface area contributed by atoms with Crippen LogP contribution >= 0.6 is 0 Å². The van der Waals surface area contributed by atoms with Gasteiger partial charge in [-0.25, -0.2) is 8.42 Å². The number of amides is 2. The maximum atomic E-state index is 14.6. The van der Waals surface area contributed by atoms with E-state index < -0.39 is 28.5 Å². The van der Waals surface area contributed by atoms with Gasteiger partial charge in [-0.1, -0.05) is 97.4 Å². The van der Waals surface area contributed by atoms with Crippen molar-refractivity contribution in [3.63, 3.8) is 0 Å². The summed E-state index contributed by atoms with van der Waals surface area (Å²) in [6, 6.07) is 31.0. The molecule has 4 aromatic carbocycles. The van der Waals surface area contributed by atoms with Crippen molar-refractivity contribution in [2.75, 3.05) is 18.0 Å². The molecule has 45 heavy (non-hydrogen) atoms. The fourth-order valence-corrected chi connectivity index (χ4v) is 6.39. The molecule has 4 rings (SSSR count). The number of hydrogen-bond acceptors (Lipinski definition) is 5. The number of anilines is 1. The summed E-state index contributed by atoms with van der Waals surface area (Å²) in [4.78, 5) is 30.0. The third-order valence-corrected chi connectivity index (χ3v) is 9.48. The fourth-order valence-electron chi connectivity index (χ4n) is 4.96. The first-order chi connectivity index (χ1) is 21.6. The number of hydrogen-bond donors (Lipinski definition) is 1. The molecule has 2 amide bonds. The summed E-state index contributed by atoms with van der Waals surface area (Å²) in [5.74, 6) is -0.533. The van der Waals surface area contributed by atoms with E-state index in [1.165, 1.54) is 24.1 Å². The van der Waals surface area contributed by atoms with Crippen LogP contribution in [0.15, 0.2) is 114 Å². The average Bonchev–Trinajstić information content (AvgIpc) is 3.06. The summed E-state index contributed by atoms with van der Waals surface area (Å²) in [7, 11) is -2.77. The molecule has 0 saturated heterocycles. The van der Waals surface area contributed by atoms with Crippen LogP contribution in [0.25, 0.3) is 0 Å². The molecule has 0 spiro atoms. The number of methoxy groups -OCH3 is 1. The first-order valence-electron chi connectivity index (χ1n) is 15.0. The quantitative estimate of drug-likeness (QED) is 0.192. The van der Waals surface area contributed by atoms with E-state index in [2.05, 4.69) is 5.32 Å². The van der Waals surface area contributed by atoms with E-state index in [9.17, 15) is 18.0 Å². The Morgan fingerprint density at radius 3 is 2.00 bits per heavy atom. The predicted molar refractivity (Wildman–Crippen MR) is 178 cm³/mol. The van der Waals surface area contributed by atoms with Crippen molar-refractivity contribution in [2.24, 2.45) is 0 Å². The lowest BCUT2D eigenvalue weighted by molar-refractivity contribution is -0.140. The largest absolute Gasteiger partial charge is 0.495 e. The summed E-state index contributed by atoms with van der Waals surface area (Å²) in [6.45, 7) is 5.32. The van der Waals surface area contributed by atoms with Crippen LogP contribution < -0.4 is 14.4 Å². The Labute approximate surface area is 266 Å². The monoisotopic (exact) mass is 627 g/mol. The van der Waals surface area contributed by atoms with Crippen LogP contribution in [0, 0.1) is 6.92 Å². The summed E-state index contributed by atoms with van der Waals surface area (Å²) >= 11 is 0. The van der Waals surface area contributed by atoms with Gasteiger partial charge in [-0.15, -0.1) is 0 Å². The molecule has 2 atom stereocenters. The smallest absolute Gasteiger partial charge is 0.264 e. The fraction of sp³-hybridized carbons (Fsp3) is 0.278. The molecule has 0 unspecified atom stereocenters. The highest BCUT2D eigenvalue weighted by Crippen LogP contribution is 2.32. The normalized spacial score (nSPS) is 12.5. The lowest BCUT2D eigenvalue weighted by Crippen LogP contribution is -2.54. The molecule has 1 N–H and O–H groups in total. The number of aryl methyl sites for hydroxylation is 1. The number of rotatable bonds is 14. The summed E-state index contributed by atoms with van der Waals surface area (Å²) in [6.07, 6.45) is 0.966. The minimum atomic E-state index is -4.23. The van der Waals surface area contributed by atoms with E-state index in [4.69, 9.17) is 4.74 Å². The first kappa shape index (κ1) is 33.3. The third-order valence-electron chi connectivity index (χ3n) is 7.71. The summed E-state index contributed by atoms with van der Waals surface area (Å²) in [5, 5.41) is 3.05. The van der Waals surface area contributed by atoms with Crippen LogP contribution in [0.2, 0.25) is 0 Å². The zero-order valence-corrected chi connectivity index (χ0v) is 27.0. The van der Waals surface area contributed by atoms with E-state index in [0.717, 1.165) is 21.0 Å². The lowest BCUT2D eigenvalue weighted by atomic mass is 10.0. The second-order valence-corrected chi connectivity index (χ2v) is 12.9. The molecular weight excluding hydrogens is 586 g/mol. The van der Waals surface area contributed by atoms with E-state index in [1.807, 2.05) is 81.4 Å². The summed E-state index contributed by atoms with van der Waals surface area (Å²) in [5.41, 5.74) is 2.81. The van der Waals surface area contributed by atoms with Crippen molar-refractivity contribution in [3.8, 4) is 5.75 Å². The van der Waals surface area contributed by atoms with Gasteiger partial charge < -0.3 is 15.0 Å². The molecule has 0 aliphatic rings. The molecule has 0 heterocycles. The van der Waals surface area contributed by atoms with Crippen molar-refractivity contribution in [1.29, 1.82) is 0 Å². The number of sulfonamides is 1. The van der Waals surface area contributed by atoms with Crippen LogP contribution in [0.5, 0.6) is 5.75 Å². The highest BCUT2D eigenvalue weighted by Gasteiger charge is 2.35. The van der Waals surface area contributed by atoms with Crippen molar-refractivity contribution >= 4 is 27.5 Å². The molecule has 236 valence electrons. The van der Waals surface area contributed by atoms with Crippen molar-refractivity contribution in [3.05, 3.63) is 126 Å². The molecule has 0 saturated carbocycles. The Morgan fingerprint density at radius 1 is 0.822 bits per heavy atom. The topological polar surface area (TPSA) is 96.0 Å². The maximum Gasteiger partial charge on any atom is 0.264 e. The van der Waals surface area contributed by atoms with Gasteiger partial charge in [0.05, 0.1) is 17.7 Å². The van der Waals surface area contributed by atoms with Crippen molar-refractivity contribution < 1.29 is 22.7 Å². The van der Waals surface area contributed by atoms with Crippen LogP contribution in [0.1, 0.15) is 37.0 Å². The van der Waals surface area contributed by atoms with Crippen LogP contribution in [-0.2, 0) is 32.6 Å². The first-order valence-corrected chi connectivity index (χ1v) is 16.5. The Hall–Kier alpha value is -4.63. The van der Waals surface area contributed by atoms with Gasteiger partial charge in [0.25, 0.3) is 10.0 Å². The SMILES string of the molecule is CC[C@H](C)NC(=O)[C@H](Cc1ccccc1)N(Cc1ccccc1)C(=O)CN(c1ccccc1OC)S(=O)(=O)c1ccc(C)cc1. The molecule has 0 aliphatic heterocycles. The number of benzene rings is 4. The molecule has 0 fully saturated rings. The number of nitrogens with zero attached hydrogens (tertiary/aromatic N) is 2. The van der Waals surface area contributed by atoms with Gasteiger partial charge in [0, 0.05) is 19.0 Å². The van der Waals surface area contributed by atoms with Gasteiger partial charge in [0.15, 0.2) is 0 Å². The third kappa shape index (κ3) is 8.51. The molecule has 0 radical (unpaired) electrons. The van der Waals surface area contributed by atoms with Crippen LogP contribution in [0.4, 0.5) is 5.69 Å². The second-order valence-electron chi connectivity index (χ2n) is 11.0. The van der Waals surface area contributed by atoms with Gasteiger partial charge >= 0.3 is 0 Å². The maximum absolute atomic E-state index is 14.6. The average molecular weight is 628 g/mol. The molecule has 9 heteroatoms.